The molecular weight excluding hydrogens is 800 g/mol. The number of nitro groups is 4. The number of fused-ring (bicyclic) bond motifs is 5. The Morgan fingerprint density at radius 1 is 0.607 bits per heavy atom. The van der Waals surface area contributed by atoms with Gasteiger partial charge in [0.25, 0.3) is 0 Å². The molecule has 0 aromatic heterocycles. The summed E-state index contributed by atoms with van der Waals surface area (Å²) < 4.78 is 0. The predicted molar refractivity (Wildman–Crippen MR) is 216 cm³/mol. The SMILES string of the molecule is CN(C)c1c([N+](=O)[O-])cc(N2C(=O)C3CC=C4C(CC5C(=O)N(c6cc([N+](=O)[O-])c(N(C)C)c([N+](=O)[O-])c6)C(=O)C5C4c4ccc5ccccc5c4O)C3C2=O)cc1[N+](=O)[O-]. The van der Waals surface area contributed by atoms with Crippen molar-refractivity contribution in [1.82, 2.24) is 0 Å². The first-order chi connectivity index (χ1) is 28.8. The van der Waals surface area contributed by atoms with Crippen LogP contribution in [0.3, 0.4) is 0 Å². The fourth-order valence-electron chi connectivity index (χ4n) is 9.88. The third-order valence-electron chi connectivity index (χ3n) is 12.2. The minimum absolute atomic E-state index is 0.0873. The standard InChI is InChI=1S/C40H34N8O13/c1-41(2)34-27(45(54)55)13-19(14-28(34)46(56)57)43-37(50)24-12-11-22-25(32(24)39(43)52)17-26-33(31(22)23-10-9-18-7-5-6-8-21(18)36(23)49)40(53)44(38(26)51)20-15-29(47(58)59)35(42(3)4)30(16-20)48(60)61/h5-11,13-16,24-26,31-33,49H,12,17H2,1-4H3. The number of anilines is 4. The van der Waals surface area contributed by atoms with E-state index in [4.69, 9.17) is 0 Å². The van der Waals surface area contributed by atoms with Crippen molar-refractivity contribution < 1.29 is 44.0 Å². The highest BCUT2D eigenvalue weighted by atomic mass is 16.6. The van der Waals surface area contributed by atoms with Crippen molar-refractivity contribution in [2.75, 3.05) is 47.8 Å². The maximum absolute atomic E-state index is 14.8. The molecule has 6 unspecified atom stereocenters. The van der Waals surface area contributed by atoms with Gasteiger partial charge >= 0.3 is 22.7 Å². The summed E-state index contributed by atoms with van der Waals surface area (Å²) in [6, 6.07) is 13.7. The molecule has 0 radical (unpaired) electrons. The summed E-state index contributed by atoms with van der Waals surface area (Å²) in [6.07, 6.45) is 1.35. The van der Waals surface area contributed by atoms with E-state index < -0.39 is 113 Å². The molecule has 0 spiro atoms. The second-order valence-corrected chi connectivity index (χ2v) is 15.8. The van der Waals surface area contributed by atoms with Gasteiger partial charge in [-0.2, -0.15) is 0 Å². The number of nitro benzene ring substituents is 4. The molecule has 2 heterocycles. The lowest BCUT2D eigenvalue weighted by Gasteiger charge is -2.44. The van der Waals surface area contributed by atoms with E-state index in [1.807, 2.05) is 0 Å². The highest BCUT2D eigenvalue weighted by Crippen LogP contribution is 2.60. The molecule has 61 heavy (non-hydrogen) atoms. The van der Waals surface area contributed by atoms with Crippen molar-refractivity contribution in [3.05, 3.63) is 118 Å². The average molecular weight is 835 g/mol. The van der Waals surface area contributed by atoms with Gasteiger partial charge in [-0.3, -0.25) is 59.6 Å². The summed E-state index contributed by atoms with van der Waals surface area (Å²) in [5.74, 6) is -10.6. The molecule has 6 atom stereocenters. The van der Waals surface area contributed by atoms with E-state index in [1.54, 1.807) is 42.5 Å². The van der Waals surface area contributed by atoms with Crippen molar-refractivity contribution in [1.29, 1.82) is 0 Å². The van der Waals surface area contributed by atoms with Crippen molar-refractivity contribution >= 4 is 79.9 Å². The van der Waals surface area contributed by atoms with Gasteiger partial charge in [-0.05, 0) is 24.1 Å². The Hall–Kier alpha value is -7.84. The van der Waals surface area contributed by atoms with Crippen molar-refractivity contribution in [2.24, 2.45) is 29.6 Å². The third kappa shape index (κ3) is 5.90. The summed E-state index contributed by atoms with van der Waals surface area (Å²) in [4.78, 5) is 108. The molecule has 4 aromatic carbocycles. The molecule has 3 fully saturated rings. The third-order valence-corrected chi connectivity index (χ3v) is 12.2. The molecule has 8 rings (SSSR count). The quantitative estimate of drug-likeness (QED) is 0.0962. The summed E-state index contributed by atoms with van der Waals surface area (Å²) in [5.41, 5.74) is -3.92. The number of amides is 4. The minimum Gasteiger partial charge on any atom is -0.507 e. The number of carbonyl (C=O) groups excluding carboxylic acids is 4. The van der Waals surface area contributed by atoms with E-state index >= 15 is 0 Å². The van der Waals surface area contributed by atoms with Crippen LogP contribution in [0.2, 0.25) is 0 Å². The van der Waals surface area contributed by atoms with Gasteiger partial charge in [-0.25, -0.2) is 9.80 Å². The summed E-state index contributed by atoms with van der Waals surface area (Å²) in [7, 11) is 5.44. The maximum atomic E-state index is 14.8. The lowest BCUT2D eigenvalue weighted by molar-refractivity contribution is -0.392. The highest BCUT2D eigenvalue weighted by molar-refractivity contribution is 6.24. The first-order valence-electron chi connectivity index (χ1n) is 18.8. The van der Waals surface area contributed by atoms with Gasteiger partial charge < -0.3 is 14.9 Å². The van der Waals surface area contributed by atoms with Crippen molar-refractivity contribution in [2.45, 2.75) is 18.8 Å². The number of phenols is 1. The predicted octanol–water partition coefficient (Wildman–Crippen LogP) is 5.36. The Morgan fingerprint density at radius 3 is 1.54 bits per heavy atom. The Balaban J connectivity index is 1.28. The molecule has 4 aliphatic rings. The van der Waals surface area contributed by atoms with Crippen LogP contribution in [0, 0.1) is 70.0 Å². The number of hydrogen-bond donors (Lipinski definition) is 1. The van der Waals surface area contributed by atoms with E-state index in [2.05, 4.69) is 0 Å². The Labute approximate surface area is 343 Å². The first kappa shape index (κ1) is 40.0. The number of benzene rings is 4. The molecule has 21 heteroatoms. The average Bonchev–Trinajstić information content (AvgIpc) is 3.62. The van der Waals surface area contributed by atoms with Crippen LogP contribution in [0.1, 0.15) is 24.3 Å². The fraction of sp³-hybridized carbons (Fsp3) is 0.300. The van der Waals surface area contributed by atoms with Crippen molar-refractivity contribution in [3.63, 3.8) is 0 Å². The van der Waals surface area contributed by atoms with Gasteiger partial charge in [0.2, 0.25) is 23.6 Å². The summed E-state index contributed by atoms with van der Waals surface area (Å²) in [5, 5.41) is 61.9. The van der Waals surface area contributed by atoms with Gasteiger partial charge in [0.15, 0.2) is 11.4 Å². The smallest absolute Gasteiger partial charge is 0.301 e. The molecule has 4 aromatic rings. The molecule has 0 bridgehead atoms. The minimum atomic E-state index is -1.29. The van der Waals surface area contributed by atoms with E-state index in [0.29, 0.717) is 26.1 Å². The number of allylic oxidation sites excluding steroid dienone is 2. The fourth-order valence-corrected chi connectivity index (χ4v) is 9.88. The largest absolute Gasteiger partial charge is 0.507 e. The number of hydrogen-bond acceptors (Lipinski definition) is 15. The molecule has 4 amide bonds. The van der Waals surface area contributed by atoms with Gasteiger partial charge in [0.05, 0.1) is 54.7 Å². The zero-order valence-corrected chi connectivity index (χ0v) is 32.7. The van der Waals surface area contributed by atoms with E-state index in [0.717, 1.165) is 29.2 Å². The number of carbonyl (C=O) groups is 4. The molecule has 1 saturated carbocycles. The molecule has 2 aliphatic carbocycles. The molecule has 312 valence electrons. The lowest BCUT2D eigenvalue weighted by Crippen LogP contribution is -2.43. The van der Waals surface area contributed by atoms with Crippen LogP contribution in [0.4, 0.5) is 45.5 Å². The Kier molecular flexibility index (Phi) is 9.28. The van der Waals surface area contributed by atoms with Crippen LogP contribution in [0.25, 0.3) is 10.8 Å². The first-order valence-corrected chi connectivity index (χ1v) is 18.8. The second kappa shape index (κ2) is 14.2. The number of phenolic OH excluding ortho intramolecular Hbond substituents is 1. The van der Waals surface area contributed by atoms with Gasteiger partial charge in [-0.1, -0.05) is 48.0 Å². The zero-order chi connectivity index (χ0) is 44.1. The Morgan fingerprint density at radius 2 is 1.07 bits per heavy atom. The number of rotatable bonds is 9. The maximum Gasteiger partial charge on any atom is 0.301 e. The normalized spacial score (nSPS) is 23.0. The van der Waals surface area contributed by atoms with Crippen LogP contribution in [-0.4, -0.2) is 76.6 Å². The van der Waals surface area contributed by atoms with Gasteiger partial charge in [0.1, 0.15) is 5.75 Å². The van der Waals surface area contributed by atoms with Crippen LogP contribution in [0.5, 0.6) is 5.75 Å². The van der Waals surface area contributed by atoms with Gasteiger partial charge in [-0.15, -0.1) is 0 Å². The molecule has 2 saturated heterocycles. The van der Waals surface area contributed by atoms with Crippen LogP contribution < -0.4 is 19.6 Å². The number of aromatic hydroxyl groups is 1. The summed E-state index contributed by atoms with van der Waals surface area (Å²) in [6.45, 7) is 0. The van der Waals surface area contributed by atoms with Gasteiger partial charge in [0, 0.05) is 69.3 Å². The van der Waals surface area contributed by atoms with E-state index in [1.165, 1.54) is 33.1 Å². The molecule has 21 nitrogen and oxygen atoms in total. The summed E-state index contributed by atoms with van der Waals surface area (Å²) >= 11 is 0. The highest BCUT2D eigenvalue weighted by Gasteiger charge is 2.63. The topological polar surface area (TPSA) is 274 Å². The number of nitrogens with zero attached hydrogens (tertiary/aromatic N) is 8. The van der Waals surface area contributed by atoms with Crippen LogP contribution in [0.15, 0.2) is 72.3 Å². The number of imide groups is 2. The molecule has 1 N–H and O–H groups in total. The van der Waals surface area contributed by atoms with Crippen LogP contribution >= 0.6 is 0 Å². The van der Waals surface area contributed by atoms with E-state index in [9.17, 15) is 64.7 Å². The Bertz CT molecular complexity index is 2680. The lowest BCUT2D eigenvalue weighted by atomic mass is 9.57. The second-order valence-electron chi connectivity index (χ2n) is 15.8. The monoisotopic (exact) mass is 834 g/mol. The van der Waals surface area contributed by atoms with Crippen molar-refractivity contribution in [3.8, 4) is 5.75 Å². The molecule has 2 aliphatic heterocycles. The zero-order valence-electron chi connectivity index (χ0n) is 32.7. The van der Waals surface area contributed by atoms with Crippen LogP contribution in [-0.2, 0) is 19.2 Å². The molecular formula is C40H34N8O13. The van der Waals surface area contributed by atoms with E-state index in [-0.39, 0.29) is 35.5 Å².